The van der Waals surface area contributed by atoms with Crippen molar-refractivity contribution in [2.45, 2.75) is 37.8 Å². The summed E-state index contributed by atoms with van der Waals surface area (Å²) in [5.41, 5.74) is 2.50. The number of carbonyl (C=O) groups is 4. The number of nitrogens with zero attached hydrogens (tertiary/aromatic N) is 2. The van der Waals surface area contributed by atoms with Crippen LogP contribution in [0.4, 0.5) is 11.4 Å². The average Bonchev–Trinajstić information content (AvgIpc) is 2.87. The van der Waals surface area contributed by atoms with Gasteiger partial charge in [0.1, 0.15) is 22.8 Å². The van der Waals surface area contributed by atoms with E-state index < -0.39 is 69.7 Å². The molecule has 0 heterocycles. The number of rotatable bonds is 8. The van der Waals surface area contributed by atoms with Gasteiger partial charge in [-0.15, -0.1) is 0 Å². The van der Waals surface area contributed by atoms with E-state index in [1.807, 2.05) is 6.92 Å². The Bertz CT molecular complexity index is 1400. The smallest absolute Gasteiger partial charge is 0.255 e. The maximum absolute atomic E-state index is 14.0. The number of phenols is 1. The first kappa shape index (κ1) is 30.0. The van der Waals surface area contributed by atoms with Gasteiger partial charge in [0.2, 0.25) is 11.7 Å². The molecule has 8 N–H and O–H groups in total. The minimum absolute atomic E-state index is 0.0101. The van der Waals surface area contributed by atoms with E-state index in [0.29, 0.717) is 17.8 Å². The Morgan fingerprint density at radius 3 is 2.37 bits per heavy atom. The first-order valence-electron chi connectivity index (χ1n) is 13.4. The van der Waals surface area contributed by atoms with Gasteiger partial charge in [0, 0.05) is 31.3 Å². The fourth-order valence-electron chi connectivity index (χ4n) is 6.36. The number of phenolic OH excluding ortho intramolecular Hbond substituents is 1. The molecular formula is C28H37N5O8. The number of aromatic hydroxyl groups is 1. The number of hydrogen-bond donors (Lipinski definition) is 7. The van der Waals surface area contributed by atoms with Crippen molar-refractivity contribution in [2.24, 2.45) is 17.6 Å². The number of Topliss-reactive ketones (excluding diaryl/α,β-unsaturated/α-hetero) is 2. The van der Waals surface area contributed by atoms with Crippen molar-refractivity contribution in [3.63, 3.8) is 0 Å². The topological polar surface area (TPSA) is 206 Å². The number of amides is 2. The van der Waals surface area contributed by atoms with E-state index in [-0.39, 0.29) is 36.2 Å². The molecule has 2 amide bonds. The number of nitrogens with one attached hydrogen (secondary N) is 2. The van der Waals surface area contributed by atoms with Crippen LogP contribution in [0, 0.1) is 11.8 Å². The Kier molecular flexibility index (Phi) is 7.91. The first-order chi connectivity index (χ1) is 19.2. The molecule has 0 aromatic heterocycles. The summed E-state index contributed by atoms with van der Waals surface area (Å²) in [6.45, 7) is 2.56. The van der Waals surface area contributed by atoms with Gasteiger partial charge in [0.15, 0.2) is 11.4 Å². The van der Waals surface area contributed by atoms with Crippen molar-refractivity contribution >= 4 is 40.5 Å². The number of primary amides is 1. The lowest BCUT2D eigenvalue weighted by molar-refractivity contribution is -0.153. The van der Waals surface area contributed by atoms with Crippen molar-refractivity contribution in [2.75, 3.05) is 51.5 Å². The lowest BCUT2D eigenvalue weighted by Crippen LogP contribution is -2.65. The maximum atomic E-state index is 14.0. The minimum atomic E-state index is -2.72. The molecule has 1 saturated carbocycles. The van der Waals surface area contributed by atoms with Crippen LogP contribution in [0.5, 0.6) is 5.75 Å². The fourth-order valence-corrected chi connectivity index (χ4v) is 6.36. The van der Waals surface area contributed by atoms with E-state index >= 15 is 0 Å². The first-order valence-corrected chi connectivity index (χ1v) is 13.4. The van der Waals surface area contributed by atoms with E-state index in [2.05, 4.69) is 10.6 Å². The van der Waals surface area contributed by atoms with Crippen LogP contribution in [-0.4, -0.2) is 102 Å². The zero-order valence-corrected chi connectivity index (χ0v) is 23.7. The fraction of sp³-hybridized carbons (Fsp3) is 0.500. The summed E-state index contributed by atoms with van der Waals surface area (Å²) in [6, 6.07) is 0.416. The van der Waals surface area contributed by atoms with Crippen LogP contribution in [0.1, 0.15) is 30.9 Å². The molecule has 4 rings (SSSR count). The molecule has 1 fully saturated rings. The number of fused-ring (bicyclic) bond motifs is 3. The summed E-state index contributed by atoms with van der Waals surface area (Å²) in [5, 5.41) is 51.1. The summed E-state index contributed by atoms with van der Waals surface area (Å²) < 4.78 is 0. The van der Waals surface area contributed by atoms with E-state index in [9.17, 15) is 39.6 Å². The number of hydrogen-bond acceptors (Lipinski definition) is 11. The number of anilines is 2. The van der Waals surface area contributed by atoms with E-state index in [0.717, 1.165) is 6.42 Å². The molecule has 13 nitrogen and oxygen atoms in total. The van der Waals surface area contributed by atoms with Crippen molar-refractivity contribution in [3.05, 3.63) is 34.1 Å². The molecule has 1 aromatic rings. The molecule has 41 heavy (non-hydrogen) atoms. The van der Waals surface area contributed by atoms with Crippen LogP contribution < -0.4 is 21.3 Å². The van der Waals surface area contributed by atoms with Gasteiger partial charge in [0.05, 0.1) is 23.8 Å². The van der Waals surface area contributed by atoms with Crippen molar-refractivity contribution < 1.29 is 39.6 Å². The molecule has 3 aliphatic rings. The molecule has 2 unspecified atom stereocenters. The second-order valence-electron chi connectivity index (χ2n) is 11.2. The summed E-state index contributed by atoms with van der Waals surface area (Å²) in [4.78, 5) is 55.1. The standard InChI is InChI=1S/C28H37N5O8/c1-6-7-30-11-17(34)31-15-10-16(32(2)3)13-8-12-9-14-21(33(4)5)24(37)20(27(29)40)26(39)28(14,41)25(38)18(12)23(36)19(13)22(15)35/h10,12,14,21,30,35-36,39,41H,6-9,11H2,1-5H3,(H2,29,40)(H,31,34)/t12?,14?,21-,28-/m0/s1. The summed E-state index contributed by atoms with van der Waals surface area (Å²) in [6.07, 6.45) is 0.948. The average molecular weight is 572 g/mol. The van der Waals surface area contributed by atoms with Crippen LogP contribution in [-0.2, 0) is 25.6 Å². The molecule has 13 heteroatoms. The highest BCUT2D eigenvalue weighted by Gasteiger charge is 2.64. The highest BCUT2D eigenvalue weighted by molar-refractivity contribution is 6.24. The monoisotopic (exact) mass is 571 g/mol. The molecule has 222 valence electrons. The molecular weight excluding hydrogens is 534 g/mol. The largest absolute Gasteiger partial charge is 0.508 e. The third kappa shape index (κ3) is 4.63. The van der Waals surface area contributed by atoms with Crippen molar-refractivity contribution in [1.29, 1.82) is 0 Å². The van der Waals surface area contributed by atoms with Gasteiger partial charge in [-0.25, -0.2) is 0 Å². The third-order valence-corrected chi connectivity index (χ3v) is 8.17. The molecule has 3 aliphatic carbocycles. The Balaban J connectivity index is 1.90. The van der Waals surface area contributed by atoms with Crippen LogP contribution >= 0.6 is 0 Å². The summed E-state index contributed by atoms with van der Waals surface area (Å²) in [7, 11) is 6.59. The van der Waals surface area contributed by atoms with Crippen LogP contribution in [0.15, 0.2) is 23.0 Å². The second-order valence-corrected chi connectivity index (χ2v) is 11.2. The zero-order valence-electron chi connectivity index (χ0n) is 23.7. The van der Waals surface area contributed by atoms with E-state index in [1.54, 1.807) is 39.2 Å². The highest BCUT2D eigenvalue weighted by atomic mass is 16.3. The molecule has 0 aliphatic heterocycles. The minimum Gasteiger partial charge on any atom is -0.508 e. The summed E-state index contributed by atoms with van der Waals surface area (Å²) >= 11 is 0. The molecule has 0 saturated heterocycles. The van der Waals surface area contributed by atoms with Crippen LogP contribution in [0.2, 0.25) is 0 Å². The highest BCUT2D eigenvalue weighted by Crippen LogP contribution is 2.54. The Labute approximate surface area is 237 Å². The number of carbonyl (C=O) groups excluding carboxylic acids is 4. The van der Waals surface area contributed by atoms with Crippen molar-refractivity contribution in [3.8, 4) is 5.75 Å². The normalized spacial score (nSPS) is 25.6. The van der Waals surface area contributed by atoms with Gasteiger partial charge in [-0.1, -0.05) is 6.92 Å². The number of nitrogens with two attached hydrogens (primary N) is 1. The number of likely N-dealkylation sites (N-methyl/N-ethyl adjacent to an activating group) is 1. The third-order valence-electron chi connectivity index (χ3n) is 8.17. The van der Waals surface area contributed by atoms with Gasteiger partial charge in [-0.3, -0.25) is 24.1 Å². The van der Waals surface area contributed by atoms with E-state index in [1.165, 1.54) is 4.90 Å². The lowest BCUT2D eigenvalue weighted by atomic mass is 9.57. The number of ketones is 2. The second kappa shape index (κ2) is 10.8. The zero-order chi connectivity index (χ0) is 30.5. The number of aliphatic hydroxyl groups is 3. The predicted octanol–water partition coefficient (Wildman–Crippen LogP) is -0.0319. The Hall–Kier alpha value is -3.94. The SMILES string of the molecule is CCCNCC(=O)Nc1cc(N(C)C)c2c(c1O)C(O)=C1C(=O)[C@]3(O)C(O)=C(C(N)=O)C(=O)[C@@H](N(C)C)C3CC1C2. The van der Waals surface area contributed by atoms with Gasteiger partial charge in [-0.05, 0) is 57.5 Å². The molecule has 4 atom stereocenters. The van der Waals surface area contributed by atoms with E-state index in [4.69, 9.17) is 5.73 Å². The van der Waals surface area contributed by atoms with Crippen LogP contribution in [0.25, 0.3) is 5.76 Å². The van der Waals surface area contributed by atoms with Crippen LogP contribution in [0.3, 0.4) is 0 Å². The molecule has 1 aromatic carbocycles. The Morgan fingerprint density at radius 1 is 1.15 bits per heavy atom. The van der Waals surface area contributed by atoms with Gasteiger partial charge < -0.3 is 41.7 Å². The molecule has 0 spiro atoms. The van der Waals surface area contributed by atoms with Crippen molar-refractivity contribution in [1.82, 2.24) is 10.2 Å². The van der Waals surface area contributed by atoms with Gasteiger partial charge in [0.25, 0.3) is 5.91 Å². The molecule has 0 radical (unpaired) electrons. The number of benzene rings is 1. The molecule has 0 bridgehead atoms. The quantitative estimate of drug-likeness (QED) is 0.125. The maximum Gasteiger partial charge on any atom is 0.255 e. The van der Waals surface area contributed by atoms with Gasteiger partial charge >= 0.3 is 0 Å². The van der Waals surface area contributed by atoms with Gasteiger partial charge in [-0.2, -0.15) is 0 Å². The summed E-state index contributed by atoms with van der Waals surface area (Å²) in [5.74, 6) is -7.73. The lowest BCUT2D eigenvalue weighted by Gasteiger charge is -2.50. The predicted molar refractivity (Wildman–Crippen MR) is 150 cm³/mol. The number of aliphatic hydroxyl groups excluding tert-OH is 2. The Morgan fingerprint density at radius 2 is 1.80 bits per heavy atom.